The molecule has 2 aromatic carbocycles. The molecule has 31 heavy (non-hydrogen) atoms. The zero-order valence-electron chi connectivity index (χ0n) is 16.7. The van der Waals surface area contributed by atoms with Crippen molar-refractivity contribution < 1.29 is 4.42 Å². The Morgan fingerprint density at radius 3 is 2.58 bits per heavy atom. The third-order valence-electron chi connectivity index (χ3n) is 4.79. The first-order chi connectivity index (χ1) is 15.2. The number of fused-ring (bicyclic) bond motifs is 1. The highest BCUT2D eigenvalue weighted by Gasteiger charge is 2.15. The van der Waals surface area contributed by atoms with E-state index in [2.05, 4.69) is 9.97 Å². The topological polar surface area (TPSA) is 73.8 Å². The van der Waals surface area contributed by atoms with Gasteiger partial charge in [-0.1, -0.05) is 48.2 Å². The lowest BCUT2D eigenvalue weighted by atomic mass is 10.2. The van der Waals surface area contributed by atoms with E-state index in [4.69, 9.17) is 9.40 Å². The van der Waals surface area contributed by atoms with Crippen molar-refractivity contribution in [2.24, 2.45) is 0 Å². The predicted molar refractivity (Wildman–Crippen MR) is 121 cm³/mol. The zero-order chi connectivity index (χ0) is 21.2. The van der Waals surface area contributed by atoms with Crippen molar-refractivity contribution in [2.75, 3.05) is 0 Å². The average Bonchev–Trinajstić information content (AvgIpc) is 3.28. The van der Waals surface area contributed by atoms with Gasteiger partial charge in [0.05, 0.1) is 16.6 Å². The third kappa shape index (κ3) is 3.87. The molecule has 0 bridgehead atoms. The Balaban J connectivity index is 1.52. The Hall–Kier alpha value is -3.71. The quantitative estimate of drug-likeness (QED) is 0.290. The highest BCUT2D eigenvalue weighted by molar-refractivity contribution is 7.98. The van der Waals surface area contributed by atoms with E-state index < -0.39 is 0 Å². The molecule has 0 amide bonds. The van der Waals surface area contributed by atoms with E-state index in [1.54, 1.807) is 23.1 Å². The van der Waals surface area contributed by atoms with Gasteiger partial charge in [-0.25, -0.2) is 19.5 Å². The van der Waals surface area contributed by atoms with Gasteiger partial charge in [-0.05, 0) is 42.8 Å². The van der Waals surface area contributed by atoms with Crippen LogP contribution in [0.3, 0.4) is 0 Å². The molecule has 0 atom stereocenters. The van der Waals surface area contributed by atoms with Gasteiger partial charge in [0.1, 0.15) is 12.1 Å². The molecule has 7 heteroatoms. The molecule has 0 saturated carbocycles. The minimum absolute atomic E-state index is 0.144. The second kappa shape index (κ2) is 8.20. The van der Waals surface area contributed by atoms with Gasteiger partial charge in [-0.2, -0.15) is 0 Å². The lowest BCUT2D eigenvalue weighted by molar-refractivity contribution is 0.573. The second-order valence-corrected chi connectivity index (χ2v) is 7.99. The van der Waals surface area contributed by atoms with E-state index in [-0.39, 0.29) is 5.56 Å². The molecule has 0 unspecified atom stereocenters. The van der Waals surface area contributed by atoms with Crippen molar-refractivity contribution >= 4 is 22.7 Å². The van der Waals surface area contributed by atoms with Crippen molar-refractivity contribution in [1.29, 1.82) is 0 Å². The molecule has 3 heterocycles. The molecule has 6 nitrogen and oxygen atoms in total. The third-order valence-corrected chi connectivity index (χ3v) is 5.76. The summed E-state index contributed by atoms with van der Waals surface area (Å²) in [5, 5.41) is 1.12. The highest BCUT2D eigenvalue weighted by atomic mass is 32.2. The van der Waals surface area contributed by atoms with E-state index >= 15 is 0 Å². The van der Waals surface area contributed by atoms with E-state index in [9.17, 15) is 4.79 Å². The van der Waals surface area contributed by atoms with Crippen LogP contribution in [0.25, 0.3) is 28.2 Å². The van der Waals surface area contributed by atoms with Crippen LogP contribution < -0.4 is 5.56 Å². The fourth-order valence-corrected chi connectivity index (χ4v) is 4.11. The maximum atomic E-state index is 13.3. The van der Waals surface area contributed by atoms with Crippen molar-refractivity contribution in [3.63, 3.8) is 0 Å². The summed E-state index contributed by atoms with van der Waals surface area (Å²) in [5.41, 5.74) is 3.23. The van der Waals surface area contributed by atoms with Crippen molar-refractivity contribution in [1.82, 2.24) is 19.5 Å². The Kier molecular flexibility index (Phi) is 5.09. The maximum absolute atomic E-state index is 13.3. The number of nitrogens with zero attached hydrogens (tertiary/aromatic N) is 4. The normalized spacial score (nSPS) is 11.1. The number of thioether (sulfide) groups is 1. The molecule has 152 valence electrons. The van der Waals surface area contributed by atoms with Gasteiger partial charge in [-0.15, -0.1) is 0 Å². The molecule has 0 aliphatic rings. The number of aromatic nitrogens is 4. The second-order valence-electron chi connectivity index (χ2n) is 7.04. The molecule has 0 radical (unpaired) electrons. The van der Waals surface area contributed by atoms with E-state index in [1.165, 1.54) is 11.8 Å². The largest absolute Gasteiger partial charge is 0.444 e. The number of rotatable bonds is 5. The first-order valence-electron chi connectivity index (χ1n) is 9.76. The van der Waals surface area contributed by atoms with Gasteiger partial charge >= 0.3 is 0 Å². The lowest BCUT2D eigenvalue weighted by Gasteiger charge is -2.12. The minimum atomic E-state index is -0.144. The summed E-state index contributed by atoms with van der Waals surface area (Å²) < 4.78 is 7.20. The van der Waals surface area contributed by atoms with Crippen LogP contribution in [0.1, 0.15) is 11.3 Å². The van der Waals surface area contributed by atoms with Gasteiger partial charge in [0.25, 0.3) is 5.56 Å². The summed E-state index contributed by atoms with van der Waals surface area (Å²) in [6.07, 6.45) is 3.39. The molecule has 5 rings (SSSR count). The minimum Gasteiger partial charge on any atom is -0.444 e. The van der Waals surface area contributed by atoms with Gasteiger partial charge in [0.15, 0.2) is 5.16 Å². The number of hydrogen-bond donors (Lipinski definition) is 0. The fraction of sp³-hybridized carbons (Fsp3) is 0.0833. The van der Waals surface area contributed by atoms with Crippen molar-refractivity contribution in [3.8, 4) is 17.3 Å². The van der Waals surface area contributed by atoms with E-state index in [1.807, 2.05) is 67.6 Å². The van der Waals surface area contributed by atoms with Gasteiger partial charge in [0, 0.05) is 17.5 Å². The highest BCUT2D eigenvalue weighted by Crippen LogP contribution is 2.26. The summed E-state index contributed by atoms with van der Waals surface area (Å²) in [7, 11) is 0. The van der Waals surface area contributed by atoms with E-state index in [0.717, 1.165) is 16.8 Å². The summed E-state index contributed by atoms with van der Waals surface area (Å²) in [4.78, 5) is 27.0. The van der Waals surface area contributed by atoms with Crippen molar-refractivity contribution in [2.45, 2.75) is 17.8 Å². The molecular formula is C24H18N4O2S. The predicted octanol–water partition coefficient (Wildman–Crippen LogP) is 5.04. The van der Waals surface area contributed by atoms with Crippen LogP contribution in [0.5, 0.6) is 0 Å². The fourth-order valence-electron chi connectivity index (χ4n) is 3.23. The molecule has 3 aromatic heterocycles. The monoisotopic (exact) mass is 426 g/mol. The number of aryl methyl sites for hydroxylation is 1. The molecule has 0 aliphatic carbocycles. The number of oxazole rings is 1. The smallest absolute Gasteiger partial charge is 0.267 e. The summed E-state index contributed by atoms with van der Waals surface area (Å²) in [6.45, 7) is 1.96. The van der Waals surface area contributed by atoms with Crippen LogP contribution in [0.2, 0.25) is 0 Å². The van der Waals surface area contributed by atoms with E-state index in [0.29, 0.717) is 33.5 Å². The SMILES string of the molecule is Cc1ccc(-n2c(SCc3coc(-c4ccccc4)n3)nc3ccccc3c2=O)nc1. The zero-order valence-corrected chi connectivity index (χ0v) is 17.5. The molecule has 0 saturated heterocycles. The number of para-hydroxylation sites is 1. The molecule has 0 spiro atoms. The van der Waals surface area contributed by atoms with Crippen LogP contribution >= 0.6 is 11.8 Å². The van der Waals surface area contributed by atoms with Gasteiger partial charge in [-0.3, -0.25) is 4.79 Å². The average molecular weight is 427 g/mol. The molecular weight excluding hydrogens is 408 g/mol. The summed E-state index contributed by atoms with van der Waals surface area (Å²) in [6, 6.07) is 20.9. The molecule has 5 aromatic rings. The Morgan fingerprint density at radius 1 is 0.968 bits per heavy atom. The Morgan fingerprint density at radius 2 is 1.77 bits per heavy atom. The molecule has 0 fully saturated rings. The first-order valence-corrected chi connectivity index (χ1v) is 10.7. The van der Waals surface area contributed by atoms with Crippen molar-refractivity contribution in [3.05, 3.63) is 101 Å². The van der Waals surface area contributed by atoms with Gasteiger partial charge in [0.2, 0.25) is 5.89 Å². The Bertz CT molecular complexity index is 1410. The lowest BCUT2D eigenvalue weighted by Crippen LogP contribution is -2.22. The van der Waals surface area contributed by atoms with Gasteiger partial charge < -0.3 is 4.42 Å². The van der Waals surface area contributed by atoms with Crippen LogP contribution in [-0.2, 0) is 5.75 Å². The van der Waals surface area contributed by atoms with Crippen LogP contribution in [0, 0.1) is 6.92 Å². The Labute approximate surface area is 182 Å². The van der Waals surface area contributed by atoms with Crippen LogP contribution in [0.15, 0.2) is 93.6 Å². The number of hydrogen-bond acceptors (Lipinski definition) is 6. The maximum Gasteiger partial charge on any atom is 0.267 e. The first kappa shape index (κ1) is 19.3. The summed E-state index contributed by atoms with van der Waals surface area (Å²) in [5.74, 6) is 1.62. The summed E-state index contributed by atoms with van der Waals surface area (Å²) >= 11 is 1.43. The van der Waals surface area contributed by atoms with Crippen LogP contribution in [0.4, 0.5) is 0 Å². The van der Waals surface area contributed by atoms with Crippen LogP contribution in [-0.4, -0.2) is 19.5 Å². The number of pyridine rings is 1. The molecule has 0 N–H and O–H groups in total. The standard InChI is InChI=1S/C24H18N4O2S/c1-16-11-12-21(25-13-16)28-23(29)19-9-5-6-10-20(19)27-24(28)31-15-18-14-30-22(26-18)17-7-3-2-4-8-17/h2-14H,15H2,1H3. The molecule has 0 aliphatic heterocycles. The number of benzene rings is 2.